The van der Waals surface area contributed by atoms with Crippen molar-refractivity contribution in [1.29, 1.82) is 0 Å². The molecule has 1 saturated heterocycles. The van der Waals surface area contributed by atoms with Crippen LogP contribution in [0.4, 0.5) is 5.82 Å². The predicted molar refractivity (Wildman–Crippen MR) is 115 cm³/mol. The van der Waals surface area contributed by atoms with E-state index in [9.17, 15) is 9.90 Å². The van der Waals surface area contributed by atoms with Gasteiger partial charge < -0.3 is 19.3 Å². The number of ether oxygens (including phenoxy) is 1. The number of aliphatic hydroxyl groups is 1. The lowest BCUT2D eigenvalue weighted by Crippen LogP contribution is -2.53. The highest BCUT2D eigenvalue weighted by atomic mass is 35.5. The average Bonchev–Trinajstić information content (AvgIpc) is 2.72. The number of pyridine rings is 1. The van der Waals surface area contributed by atoms with E-state index in [-0.39, 0.29) is 11.6 Å². The molecule has 0 radical (unpaired) electrons. The van der Waals surface area contributed by atoms with Crippen molar-refractivity contribution < 1.29 is 9.84 Å². The smallest absolute Gasteiger partial charge is 0.294 e. The first kappa shape index (κ1) is 22.0. The Morgan fingerprint density at radius 3 is 2.62 bits per heavy atom. The van der Waals surface area contributed by atoms with Gasteiger partial charge in [-0.3, -0.25) is 9.69 Å². The molecule has 160 valence electrons. The second-order valence-corrected chi connectivity index (χ2v) is 7.89. The zero-order valence-electron chi connectivity index (χ0n) is 17.3. The molecule has 0 aliphatic carbocycles. The van der Waals surface area contributed by atoms with Crippen molar-refractivity contribution in [3.63, 3.8) is 0 Å². The van der Waals surface area contributed by atoms with Gasteiger partial charge in [0.25, 0.3) is 5.56 Å². The van der Waals surface area contributed by atoms with E-state index >= 15 is 0 Å². The van der Waals surface area contributed by atoms with Crippen molar-refractivity contribution in [1.82, 2.24) is 19.4 Å². The van der Waals surface area contributed by atoms with Crippen LogP contribution in [0.3, 0.4) is 0 Å². The maximum atomic E-state index is 13.3. The number of hydrogen-bond donors (Lipinski definition) is 1. The predicted octanol–water partition coefficient (Wildman–Crippen LogP) is 1.76. The molecule has 9 heteroatoms. The second kappa shape index (κ2) is 9.84. The van der Waals surface area contributed by atoms with Gasteiger partial charge in [0.15, 0.2) is 5.82 Å². The van der Waals surface area contributed by atoms with Crippen molar-refractivity contribution in [2.75, 3.05) is 44.3 Å². The van der Waals surface area contributed by atoms with Crippen LogP contribution >= 0.6 is 11.6 Å². The fourth-order valence-electron chi connectivity index (χ4n) is 3.58. The Hall–Kier alpha value is -1.74. The van der Waals surface area contributed by atoms with Crippen molar-refractivity contribution in [2.45, 2.75) is 45.9 Å². The number of anilines is 1. The Bertz CT molecular complexity index is 880. The minimum Gasteiger partial charge on any atom is -0.392 e. The third kappa shape index (κ3) is 5.06. The molecule has 0 bridgehead atoms. The summed E-state index contributed by atoms with van der Waals surface area (Å²) in [5.41, 5.74) is 1.16. The van der Waals surface area contributed by atoms with Crippen LogP contribution in [-0.4, -0.2) is 76.1 Å². The van der Waals surface area contributed by atoms with Crippen molar-refractivity contribution in [2.24, 2.45) is 0 Å². The highest BCUT2D eigenvalue weighted by Crippen LogP contribution is 2.19. The Balaban J connectivity index is 1.87. The van der Waals surface area contributed by atoms with E-state index in [1.54, 1.807) is 23.8 Å². The molecule has 0 saturated carbocycles. The monoisotopic (exact) mass is 423 g/mol. The Morgan fingerprint density at radius 1 is 1.24 bits per heavy atom. The van der Waals surface area contributed by atoms with Crippen LogP contribution in [-0.2, 0) is 11.3 Å². The van der Waals surface area contributed by atoms with E-state index in [4.69, 9.17) is 16.3 Å². The van der Waals surface area contributed by atoms with Gasteiger partial charge in [-0.05, 0) is 20.3 Å². The van der Waals surface area contributed by atoms with Gasteiger partial charge in [0.2, 0.25) is 0 Å². The normalized spacial score (nSPS) is 17.6. The number of aromatic nitrogens is 3. The van der Waals surface area contributed by atoms with Crippen LogP contribution in [0.25, 0.3) is 11.0 Å². The molecule has 3 heterocycles. The first-order valence-corrected chi connectivity index (χ1v) is 10.6. The molecule has 2 aromatic rings. The molecule has 8 nitrogen and oxygen atoms in total. The number of aliphatic hydroxyl groups excluding tert-OH is 1. The lowest BCUT2D eigenvalue weighted by atomic mass is 10.1. The zero-order valence-corrected chi connectivity index (χ0v) is 18.1. The summed E-state index contributed by atoms with van der Waals surface area (Å²) >= 11 is 6.06. The van der Waals surface area contributed by atoms with Gasteiger partial charge in [-0.1, -0.05) is 18.5 Å². The standard InChI is InChI=1S/C20H30ClN5O3/c1-4-10-29-11-9-26-17-12-18(21)22-13-16(17)23-19(20(26)28)25-7-5-24(6-8-25)14(2)15(3)27/h12-15,27H,4-11H2,1-3H3/t14-,15-/m1/s1. The van der Waals surface area contributed by atoms with Crippen LogP contribution in [0.5, 0.6) is 0 Å². The minimum atomic E-state index is -0.392. The SMILES string of the molecule is CCCOCCn1c(=O)c(N2CCN([C@H](C)[C@@H](C)O)CC2)nc2cnc(Cl)cc21. The maximum Gasteiger partial charge on any atom is 0.294 e. The van der Waals surface area contributed by atoms with Crippen LogP contribution in [0.2, 0.25) is 5.15 Å². The van der Waals surface area contributed by atoms with E-state index in [1.165, 1.54) is 0 Å². The Morgan fingerprint density at radius 2 is 1.97 bits per heavy atom. The average molecular weight is 424 g/mol. The van der Waals surface area contributed by atoms with Crippen LogP contribution in [0.15, 0.2) is 17.1 Å². The van der Waals surface area contributed by atoms with E-state index < -0.39 is 6.10 Å². The highest BCUT2D eigenvalue weighted by Gasteiger charge is 2.26. The molecule has 1 fully saturated rings. The van der Waals surface area contributed by atoms with Crippen LogP contribution in [0.1, 0.15) is 27.2 Å². The fraction of sp³-hybridized carbons (Fsp3) is 0.650. The molecule has 29 heavy (non-hydrogen) atoms. The number of halogens is 1. The van der Waals surface area contributed by atoms with Crippen molar-refractivity contribution >= 4 is 28.5 Å². The van der Waals surface area contributed by atoms with Gasteiger partial charge in [-0.15, -0.1) is 0 Å². The molecule has 2 aromatic heterocycles. The topological polar surface area (TPSA) is 83.7 Å². The Kier molecular flexibility index (Phi) is 7.45. The summed E-state index contributed by atoms with van der Waals surface area (Å²) in [5, 5.41) is 10.2. The van der Waals surface area contributed by atoms with E-state index in [0.29, 0.717) is 54.9 Å². The lowest BCUT2D eigenvalue weighted by Gasteiger charge is -2.39. The van der Waals surface area contributed by atoms with Crippen LogP contribution < -0.4 is 10.5 Å². The van der Waals surface area contributed by atoms with Gasteiger partial charge in [0.1, 0.15) is 10.7 Å². The molecule has 1 N–H and O–H groups in total. The van der Waals surface area contributed by atoms with Gasteiger partial charge in [0.05, 0.1) is 24.4 Å². The molecular formula is C20H30ClN5O3. The summed E-state index contributed by atoms with van der Waals surface area (Å²) < 4.78 is 7.28. The molecular weight excluding hydrogens is 394 g/mol. The van der Waals surface area contributed by atoms with Crippen LogP contribution in [0, 0.1) is 0 Å². The summed E-state index contributed by atoms with van der Waals surface area (Å²) in [4.78, 5) is 26.3. The van der Waals surface area contributed by atoms with Gasteiger partial charge in [-0.2, -0.15) is 0 Å². The van der Waals surface area contributed by atoms with Crippen molar-refractivity contribution in [3.05, 3.63) is 27.8 Å². The summed E-state index contributed by atoms with van der Waals surface area (Å²) in [6.07, 6.45) is 2.15. The van der Waals surface area contributed by atoms with E-state index in [2.05, 4.69) is 21.8 Å². The quantitative estimate of drug-likeness (QED) is 0.511. The first-order chi connectivity index (χ1) is 13.9. The number of nitrogens with zero attached hydrogens (tertiary/aromatic N) is 5. The summed E-state index contributed by atoms with van der Waals surface area (Å²) in [5.74, 6) is 0.432. The molecule has 0 aromatic carbocycles. The van der Waals surface area contributed by atoms with E-state index in [1.807, 2.05) is 11.8 Å². The highest BCUT2D eigenvalue weighted by molar-refractivity contribution is 6.29. The minimum absolute atomic E-state index is 0.0837. The fourth-order valence-corrected chi connectivity index (χ4v) is 3.74. The van der Waals surface area contributed by atoms with Gasteiger partial charge in [0, 0.05) is 51.4 Å². The van der Waals surface area contributed by atoms with E-state index in [0.717, 1.165) is 19.5 Å². The molecule has 1 aliphatic heterocycles. The van der Waals surface area contributed by atoms with Gasteiger partial charge >= 0.3 is 0 Å². The second-order valence-electron chi connectivity index (χ2n) is 7.50. The molecule has 1 aliphatic rings. The summed E-state index contributed by atoms with van der Waals surface area (Å²) in [6.45, 7) is 10.3. The summed E-state index contributed by atoms with van der Waals surface area (Å²) in [6, 6.07) is 1.76. The lowest BCUT2D eigenvalue weighted by molar-refractivity contribution is 0.0671. The van der Waals surface area contributed by atoms with Gasteiger partial charge in [-0.25, -0.2) is 9.97 Å². The molecule has 0 amide bonds. The van der Waals surface area contributed by atoms with Crippen molar-refractivity contribution in [3.8, 4) is 0 Å². The molecule has 2 atom stereocenters. The zero-order chi connectivity index (χ0) is 21.0. The number of fused-ring (bicyclic) bond motifs is 1. The third-order valence-electron chi connectivity index (χ3n) is 5.48. The number of hydrogen-bond acceptors (Lipinski definition) is 7. The molecule has 0 spiro atoms. The molecule has 0 unspecified atom stereocenters. The Labute approximate surface area is 176 Å². The largest absolute Gasteiger partial charge is 0.392 e. The maximum absolute atomic E-state index is 13.3. The number of piperazine rings is 1. The number of rotatable bonds is 8. The summed E-state index contributed by atoms with van der Waals surface area (Å²) in [7, 11) is 0. The first-order valence-electron chi connectivity index (χ1n) is 10.2. The third-order valence-corrected chi connectivity index (χ3v) is 5.68. The molecule has 3 rings (SSSR count).